The van der Waals surface area contributed by atoms with E-state index < -0.39 is 10.1 Å². The molecule has 0 amide bonds. The fourth-order valence-electron chi connectivity index (χ4n) is 7.35. The van der Waals surface area contributed by atoms with E-state index in [2.05, 4.69) is 20.8 Å². The second-order valence-electron chi connectivity index (χ2n) is 14.9. The van der Waals surface area contributed by atoms with Crippen LogP contribution in [-0.2, 0) is 23.0 Å². The summed E-state index contributed by atoms with van der Waals surface area (Å²) in [7, 11) is -4.21. The molecule has 0 atom stereocenters. The van der Waals surface area contributed by atoms with Gasteiger partial charge in [0.15, 0.2) is 0 Å². The zero-order valence-electron chi connectivity index (χ0n) is 31.9. The Morgan fingerprint density at radius 3 is 0.936 bits per heavy atom. The van der Waals surface area contributed by atoms with E-state index in [1.54, 1.807) is 6.07 Å². The first-order valence-electron chi connectivity index (χ1n) is 21.0. The monoisotopic (exact) mass is 677 g/mol. The highest BCUT2D eigenvalue weighted by molar-refractivity contribution is 7.85. The lowest BCUT2D eigenvalue weighted by atomic mass is 9.92. The highest BCUT2D eigenvalue weighted by Crippen LogP contribution is 2.27. The lowest BCUT2D eigenvalue weighted by Crippen LogP contribution is -2.08. The lowest BCUT2D eigenvalue weighted by molar-refractivity contribution is 0.481. The molecule has 1 aromatic carbocycles. The maximum atomic E-state index is 12.3. The van der Waals surface area contributed by atoms with Crippen LogP contribution in [0.25, 0.3) is 0 Å². The molecule has 276 valence electrons. The van der Waals surface area contributed by atoms with Crippen LogP contribution in [0.4, 0.5) is 0 Å². The minimum atomic E-state index is -4.21. The summed E-state index contributed by atoms with van der Waals surface area (Å²) in [4.78, 5) is 0.149. The van der Waals surface area contributed by atoms with Crippen molar-refractivity contribution in [3.05, 3.63) is 28.8 Å². The predicted octanol–water partition coefficient (Wildman–Crippen LogP) is 14.8. The molecular formula is C43H80O3S. The van der Waals surface area contributed by atoms with Crippen molar-refractivity contribution in [2.45, 2.75) is 244 Å². The molecule has 0 spiro atoms. The van der Waals surface area contributed by atoms with Gasteiger partial charge in [0.1, 0.15) is 0 Å². The van der Waals surface area contributed by atoms with Gasteiger partial charge in [0.25, 0.3) is 10.1 Å². The quantitative estimate of drug-likeness (QED) is 0.0575. The molecule has 0 bridgehead atoms. The van der Waals surface area contributed by atoms with E-state index in [1.165, 1.54) is 197 Å². The molecule has 0 aromatic heterocycles. The van der Waals surface area contributed by atoms with Gasteiger partial charge in [-0.15, -0.1) is 0 Å². The van der Waals surface area contributed by atoms with Crippen molar-refractivity contribution in [3.63, 3.8) is 0 Å². The zero-order valence-corrected chi connectivity index (χ0v) is 32.7. The summed E-state index contributed by atoms with van der Waals surface area (Å²) in [6.07, 6.45) is 44.7. The van der Waals surface area contributed by atoms with E-state index in [1.807, 2.05) is 6.07 Å². The van der Waals surface area contributed by atoms with Crippen molar-refractivity contribution in [3.8, 4) is 0 Å². The molecule has 0 heterocycles. The summed E-state index contributed by atoms with van der Waals surface area (Å²) in [5.74, 6) is 0. The van der Waals surface area contributed by atoms with Crippen molar-refractivity contribution in [2.75, 3.05) is 0 Å². The average molecular weight is 677 g/mol. The molecule has 1 N–H and O–H groups in total. The number of rotatable bonds is 35. The molecule has 0 aliphatic carbocycles. The van der Waals surface area contributed by atoms with Crippen LogP contribution in [0, 0.1) is 6.92 Å². The molecule has 0 unspecified atom stereocenters. The Kier molecular flexibility index (Phi) is 29.2. The first-order valence-corrected chi connectivity index (χ1v) is 22.4. The second kappa shape index (κ2) is 31.1. The summed E-state index contributed by atoms with van der Waals surface area (Å²) >= 11 is 0. The van der Waals surface area contributed by atoms with Crippen molar-refractivity contribution in [2.24, 2.45) is 0 Å². The van der Waals surface area contributed by atoms with Crippen LogP contribution in [0.2, 0.25) is 0 Å². The van der Waals surface area contributed by atoms with Crippen molar-refractivity contribution in [1.82, 2.24) is 0 Å². The van der Waals surface area contributed by atoms with Crippen molar-refractivity contribution >= 4 is 10.1 Å². The molecule has 0 saturated heterocycles. The number of benzene rings is 1. The zero-order chi connectivity index (χ0) is 34.3. The van der Waals surface area contributed by atoms with E-state index in [0.29, 0.717) is 0 Å². The first kappa shape index (κ1) is 44.2. The average Bonchev–Trinajstić information content (AvgIpc) is 3.04. The molecule has 1 aromatic rings. The third-order valence-corrected chi connectivity index (χ3v) is 11.4. The third kappa shape index (κ3) is 24.8. The molecule has 4 heteroatoms. The van der Waals surface area contributed by atoms with Crippen LogP contribution in [0.15, 0.2) is 17.0 Å². The topological polar surface area (TPSA) is 54.4 Å². The van der Waals surface area contributed by atoms with Crippen LogP contribution in [0.5, 0.6) is 0 Å². The Hall–Kier alpha value is -0.870. The van der Waals surface area contributed by atoms with Gasteiger partial charge in [-0.1, -0.05) is 213 Å². The summed E-state index contributed by atoms with van der Waals surface area (Å²) in [6, 6.07) is 3.52. The molecule has 0 radical (unpaired) electrons. The van der Waals surface area contributed by atoms with Gasteiger partial charge in [-0.25, -0.2) is 0 Å². The Morgan fingerprint density at radius 2 is 0.660 bits per heavy atom. The van der Waals surface area contributed by atoms with E-state index in [-0.39, 0.29) is 4.90 Å². The van der Waals surface area contributed by atoms with Crippen LogP contribution < -0.4 is 0 Å². The van der Waals surface area contributed by atoms with Gasteiger partial charge in [0, 0.05) is 0 Å². The maximum Gasteiger partial charge on any atom is 0.294 e. The molecule has 0 aliphatic heterocycles. The highest BCUT2D eigenvalue weighted by Gasteiger charge is 2.19. The molecular weight excluding hydrogens is 597 g/mol. The Morgan fingerprint density at radius 1 is 0.404 bits per heavy atom. The van der Waals surface area contributed by atoms with Gasteiger partial charge in [-0.2, -0.15) is 8.42 Å². The van der Waals surface area contributed by atoms with Crippen molar-refractivity contribution < 1.29 is 13.0 Å². The lowest BCUT2D eigenvalue weighted by Gasteiger charge is -2.16. The molecule has 0 aliphatic rings. The summed E-state index contributed by atoms with van der Waals surface area (Å²) < 4.78 is 34.5. The molecule has 3 nitrogen and oxygen atoms in total. The van der Waals surface area contributed by atoms with Gasteiger partial charge in [-0.3, -0.25) is 4.55 Å². The molecule has 47 heavy (non-hydrogen) atoms. The first-order chi connectivity index (χ1) is 22.9. The van der Waals surface area contributed by atoms with Crippen molar-refractivity contribution in [1.29, 1.82) is 0 Å². The standard InChI is InChI=1S/C43H80O3S/c1-4-6-8-10-12-14-16-18-20-22-24-26-28-30-32-34-36-41-40(3)38-39-43(47(44,45)46)42(41)37-35-33-31-29-27-25-23-21-19-17-15-13-11-9-7-5-2/h38-39H,4-37H2,1-3H3,(H,44,45,46). The Labute approximate surface area is 295 Å². The summed E-state index contributed by atoms with van der Waals surface area (Å²) in [6.45, 7) is 6.67. The third-order valence-electron chi connectivity index (χ3n) is 10.5. The summed E-state index contributed by atoms with van der Waals surface area (Å²) in [5, 5.41) is 0. The predicted molar refractivity (Wildman–Crippen MR) is 207 cm³/mol. The summed E-state index contributed by atoms with van der Waals surface area (Å²) in [5.41, 5.74) is 3.23. The van der Waals surface area contributed by atoms with Crippen LogP contribution in [0.1, 0.15) is 236 Å². The smallest absolute Gasteiger partial charge is 0.282 e. The molecule has 0 fully saturated rings. The highest BCUT2D eigenvalue weighted by atomic mass is 32.2. The van der Waals surface area contributed by atoms with Gasteiger partial charge in [0.05, 0.1) is 4.90 Å². The van der Waals surface area contributed by atoms with E-state index in [4.69, 9.17) is 0 Å². The maximum absolute atomic E-state index is 12.3. The number of hydrogen-bond acceptors (Lipinski definition) is 2. The minimum absolute atomic E-state index is 0.149. The van der Waals surface area contributed by atoms with E-state index in [9.17, 15) is 13.0 Å². The van der Waals surface area contributed by atoms with Gasteiger partial charge in [-0.05, 0) is 55.4 Å². The van der Waals surface area contributed by atoms with E-state index >= 15 is 0 Å². The number of aryl methyl sites for hydroxylation is 1. The van der Waals surface area contributed by atoms with Gasteiger partial charge >= 0.3 is 0 Å². The van der Waals surface area contributed by atoms with E-state index in [0.717, 1.165) is 37.7 Å². The Bertz CT molecular complexity index is 939. The second-order valence-corrected chi connectivity index (χ2v) is 16.3. The minimum Gasteiger partial charge on any atom is -0.282 e. The van der Waals surface area contributed by atoms with Gasteiger partial charge < -0.3 is 0 Å². The van der Waals surface area contributed by atoms with Crippen LogP contribution in [-0.4, -0.2) is 13.0 Å². The largest absolute Gasteiger partial charge is 0.294 e. The van der Waals surface area contributed by atoms with Gasteiger partial charge in [0.2, 0.25) is 0 Å². The number of hydrogen-bond donors (Lipinski definition) is 1. The van der Waals surface area contributed by atoms with Crippen LogP contribution >= 0.6 is 0 Å². The molecule has 1 rings (SSSR count). The fourth-order valence-corrected chi connectivity index (χ4v) is 8.13. The normalized spacial score (nSPS) is 11.9. The Balaban J connectivity index is 2.21. The fraction of sp³-hybridized carbons (Fsp3) is 0.860. The SMILES string of the molecule is CCCCCCCCCCCCCCCCCCc1c(C)ccc(S(=O)(=O)O)c1CCCCCCCCCCCCCCCCCC. The number of unbranched alkanes of at least 4 members (excludes halogenated alkanes) is 30. The molecule has 0 saturated carbocycles. The van der Waals surface area contributed by atoms with Crippen LogP contribution in [0.3, 0.4) is 0 Å².